The van der Waals surface area contributed by atoms with E-state index in [0.29, 0.717) is 6.42 Å². The summed E-state index contributed by atoms with van der Waals surface area (Å²) in [5, 5.41) is 0. The van der Waals surface area contributed by atoms with Crippen molar-refractivity contribution in [2.24, 2.45) is 22.7 Å². The average molecular weight is 394 g/mol. The fourth-order valence-corrected chi connectivity index (χ4v) is 6.79. The summed E-state index contributed by atoms with van der Waals surface area (Å²) in [7, 11) is 0. The topological polar surface area (TPSA) is 114 Å². The van der Waals surface area contributed by atoms with Crippen molar-refractivity contribution in [3.8, 4) is 0 Å². The van der Waals surface area contributed by atoms with Crippen LogP contribution in [0.4, 0.5) is 0 Å². The third-order valence-corrected chi connectivity index (χ3v) is 7.80. The largest absolute Gasteiger partial charge is 0.462 e. The van der Waals surface area contributed by atoms with Gasteiger partial charge in [-0.3, -0.25) is 9.59 Å². The highest BCUT2D eigenvalue weighted by molar-refractivity contribution is 5.91. The van der Waals surface area contributed by atoms with E-state index in [0.717, 1.165) is 6.42 Å². The van der Waals surface area contributed by atoms with Gasteiger partial charge in [-0.15, -0.1) is 0 Å². The quantitative estimate of drug-likeness (QED) is 0.381. The second-order valence-corrected chi connectivity index (χ2v) is 8.67. The third kappa shape index (κ3) is 1.54. The summed E-state index contributed by atoms with van der Waals surface area (Å²) in [4.78, 5) is 49.1. The van der Waals surface area contributed by atoms with E-state index >= 15 is 0 Å². The number of carbonyl (C=O) groups is 4. The van der Waals surface area contributed by atoms with Gasteiger partial charge in [-0.05, 0) is 19.8 Å². The van der Waals surface area contributed by atoms with Crippen LogP contribution in [0.3, 0.4) is 0 Å². The zero-order valence-corrected chi connectivity index (χ0v) is 15.8. The predicted octanol–water partition coefficient (Wildman–Crippen LogP) is 0.479. The molecule has 152 valence electrons. The van der Waals surface area contributed by atoms with Crippen LogP contribution in [-0.2, 0) is 42.9 Å². The minimum Gasteiger partial charge on any atom is -0.462 e. The molecule has 9 nitrogen and oxygen atoms in total. The molecule has 0 aromatic rings. The van der Waals surface area contributed by atoms with Gasteiger partial charge in [0, 0.05) is 5.92 Å². The summed E-state index contributed by atoms with van der Waals surface area (Å²) in [6, 6.07) is 0. The molecular formula is C19H22O9. The maximum atomic E-state index is 13.3. The van der Waals surface area contributed by atoms with Gasteiger partial charge in [0.15, 0.2) is 5.60 Å². The molecule has 9 heteroatoms. The number of rotatable bonds is 4. The molecule has 0 radical (unpaired) electrons. The molecule has 5 aliphatic rings. The fraction of sp³-hybridized carbons (Fsp3) is 0.789. The summed E-state index contributed by atoms with van der Waals surface area (Å²) < 4.78 is 28.2. The Balaban J connectivity index is 1.74. The Kier molecular flexibility index (Phi) is 3.36. The molecule has 0 amide bonds. The van der Waals surface area contributed by atoms with Crippen LogP contribution < -0.4 is 0 Å². The molecule has 4 saturated heterocycles. The van der Waals surface area contributed by atoms with Crippen molar-refractivity contribution >= 4 is 24.4 Å². The standard InChI is InChI=1S/C19H22O9/c1-4-5-10-18-6-9-11(8(2)13(21)25-9)19(18,15(23)26-10)28-16-17(18,3)12(24-7-20)14(22)27-16/h7-12,16H,4-6H2,1-3H3/t8?,9?,10?,11?,12-,16-,17?,18?,19?/m0/s1. The zero-order valence-electron chi connectivity index (χ0n) is 15.8. The fourth-order valence-electron chi connectivity index (χ4n) is 6.79. The molecule has 0 N–H and O–H groups in total. The molecule has 28 heavy (non-hydrogen) atoms. The molecule has 0 bridgehead atoms. The lowest BCUT2D eigenvalue weighted by Gasteiger charge is -2.44. The van der Waals surface area contributed by atoms with Crippen LogP contribution in [0.1, 0.15) is 40.0 Å². The van der Waals surface area contributed by atoms with Crippen LogP contribution in [0.5, 0.6) is 0 Å². The van der Waals surface area contributed by atoms with E-state index in [1.807, 2.05) is 6.92 Å². The summed E-state index contributed by atoms with van der Waals surface area (Å²) in [5.74, 6) is -2.76. The van der Waals surface area contributed by atoms with Gasteiger partial charge in [-0.1, -0.05) is 20.3 Å². The van der Waals surface area contributed by atoms with Crippen LogP contribution >= 0.6 is 0 Å². The van der Waals surface area contributed by atoms with Gasteiger partial charge in [-0.25, -0.2) is 9.59 Å². The number of carbonyl (C=O) groups excluding carboxylic acids is 4. The zero-order chi connectivity index (χ0) is 20.1. The Labute approximate surface area is 160 Å². The Morgan fingerprint density at radius 3 is 2.61 bits per heavy atom. The van der Waals surface area contributed by atoms with E-state index < -0.39 is 64.8 Å². The van der Waals surface area contributed by atoms with Gasteiger partial charge in [0.25, 0.3) is 6.47 Å². The number of fused-ring (bicyclic) bond motifs is 2. The average Bonchev–Trinajstić information content (AvgIpc) is 3.29. The lowest BCUT2D eigenvalue weighted by molar-refractivity contribution is -0.204. The van der Waals surface area contributed by atoms with Gasteiger partial charge >= 0.3 is 17.9 Å². The summed E-state index contributed by atoms with van der Waals surface area (Å²) in [6.07, 6.45) is -1.83. The second-order valence-electron chi connectivity index (χ2n) is 8.67. The van der Waals surface area contributed by atoms with Gasteiger partial charge in [-0.2, -0.15) is 0 Å². The van der Waals surface area contributed by atoms with E-state index in [9.17, 15) is 19.2 Å². The highest BCUT2D eigenvalue weighted by Crippen LogP contribution is 2.77. The maximum Gasteiger partial charge on any atom is 0.350 e. The SMILES string of the molecule is CCCC1OC(=O)C23O[C@@H]4OC(=O)[C@H](OC=O)C4(C)C12CC1OC(=O)C(C)C13. The van der Waals surface area contributed by atoms with Gasteiger partial charge < -0.3 is 23.7 Å². The van der Waals surface area contributed by atoms with E-state index in [2.05, 4.69) is 0 Å². The molecule has 4 heterocycles. The van der Waals surface area contributed by atoms with E-state index in [4.69, 9.17) is 23.7 Å². The van der Waals surface area contributed by atoms with Crippen molar-refractivity contribution < 1.29 is 42.9 Å². The highest BCUT2D eigenvalue weighted by Gasteiger charge is 2.93. The molecular weight excluding hydrogens is 372 g/mol. The van der Waals surface area contributed by atoms with Gasteiger partial charge in [0.05, 0.1) is 16.7 Å². The molecule has 5 fully saturated rings. The number of cyclic esters (lactones) is 1. The first-order chi connectivity index (χ1) is 13.3. The van der Waals surface area contributed by atoms with E-state index in [1.54, 1.807) is 13.8 Å². The first kappa shape index (κ1) is 17.9. The minimum absolute atomic E-state index is 0.209. The number of hydrogen-bond acceptors (Lipinski definition) is 9. The molecule has 4 aliphatic heterocycles. The Morgan fingerprint density at radius 2 is 1.93 bits per heavy atom. The van der Waals surface area contributed by atoms with Crippen LogP contribution in [0.15, 0.2) is 0 Å². The molecule has 0 aromatic heterocycles. The first-order valence-corrected chi connectivity index (χ1v) is 9.68. The Morgan fingerprint density at radius 1 is 1.18 bits per heavy atom. The van der Waals surface area contributed by atoms with Crippen LogP contribution in [-0.4, -0.2) is 54.6 Å². The third-order valence-electron chi connectivity index (χ3n) is 7.80. The van der Waals surface area contributed by atoms with Crippen molar-refractivity contribution in [2.75, 3.05) is 0 Å². The highest BCUT2D eigenvalue weighted by atomic mass is 16.8. The Hall–Kier alpha value is -2.16. The van der Waals surface area contributed by atoms with Crippen LogP contribution in [0.2, 0.25) is 0 Å². The summed E-state index contributed by atoms with van der Waals surface area (Å²) in [6.45, 7) is 5.63. The van der Waals surface area contributed by atoms with E-state index in [1.165, 1.54) is 0 Å². The lowest BCUT2D eigenvalue weighted by atomic mass is 9.54. The molecule has 9 atom stereocenters. The molecule has 1 saturated carbocycles. The number of ether oxygens (including phenoxy) is 5. The molecule has 0 spiro atoms. The first-order valence-electron chi connectivity index (χ1n) is 9.68. The molecule has 7 unspecified atom stereocenters. The van der Waals surface area contributed by atoms with Crippen LogP contribution in [0.25, 0.3) is 0 Å². The summed E-state index contributed by atoms with van der Waals surface area (Å²) >= 11 is 0. The second kappa shape index (κ2) is 5.25. The summed E-state index contributed by atoms with van der Waals surface area (Å²) in [5.41, 5.74) is -3.64. The van der Waals surface area contributed by atoms with Crippen molar-refractivity contribution in [1.29, 1.82) is 0 Å². The van der Waals surface area contributed by atoms with Gasteiger partial charge in [0.1, 0.15) is 12.2 Å². The maximum absolute atomic E-state index is 13.3. The van der Waals surface area contributed by atoms with Crippen molar-refractivity contribution in [2.45, 2.75) is 70.2 Å². The lowest BCUT2D eigenvalue weighted by Crippen LogP contribution is -2.59. The van der Waals surface area contributed by atoms with Crippen LogP contribution in [0, 0.1) is 22.7 Å². The molecule has 5 rings (SSSR count). The molecule has 0 aromatic carbocycles. The smallest absolute Gasteiger partial charge is 0.350 e. The molecule has 1 aliphatic carbocycles. The van der Waals surface area contributed by atoms with Crippen molar-refractivity contribution in [3.05, 3.63) is 0 Å². The number of esters is 3. The van der Waals surface area contributed by atoms with Crippen molar-refractivity contribution in [1.82, 2.24) is 0 Å². The van der Waals surface area contributed by atoms with Gasteiger partial charge in [0.2, 0.25) is 12.4 Å². The minimum atomic E-state index is -1.48. The Bertz CT molecular complexity index is 794. The normalized spacial score (nSPS) is 53.0. The van der Waals surface area contributed by atoms with E-state index in [-0.39, 0.29) is 18.9 Å². The predicted molar refractivity (Wildman–Crippen MR) is 87.1 cm³/mol. The van der Waals surface area contributed by atoms with Crippen molar-refractivity contribution in [3.63, 3.8) is 0 Å². The number of hydrogen-bond donors (Lipinski definition) is 0. The monoisotopic (exact) mass is 394 g/mol.